The molecule has 10 rings (SSSR count). The van der Waals surface area contributed by atoms with Crippen LogP contribution in [0.15, 0.2) is 210 Å². The number of benzene rings is 8. The molecule has 56 heavy (non-hydrogen) atoms. The summed E-state index contributed by atoms with van der Waals surface area (Å²) >= 11 is 0. The Bertz CT molecular complexity index is 4740. The summed E-state index contributed by atoms with van der Waals surface area (Å²) in [6.45, 7) is 0. The number of para-hydroxylation sites is 2. The van der Waals surface area contributed by atoms with Crippen molar-refractivity contribution in [3.63, 3.8) is 0 Å². The van der Waals surface area contributed by atoms with Crippen molar-refractivity contribution in [2.45, 2.75) is 0 Å². The summed E-state index contributed by atoms with van der Waals surface area (Å²) in [5, 5.41) is -1.43. The average molecular weight is 753 g/mol. The van der Waals surface area contributed by atoms with E-state index >= 15 is 0 Å². The molecule has 0 spiro atoms. The Morgan fingerprint density at radius 3 is 1.48 bits per heavy atom. The SMILES string of the molecule is [2H]c1c([2H])c([2H])c(-c2nc(-c3c([2H])c([2H])c([2H])c([2H])c3[2H])nc(-c3c([2H])c(N(c4c([2H])c([2H])c([2H])c([2H])c4[2H])c4c([2H])c([2H])c([2H])c(-c5c([2H])c([2H])c(-c6c([2H])c([2H])c([2H])c([2H])c6[2H])c([2H])c5[2H])c4[2H])c([2H])c4oc5c([2H])c([2H])c([2H])c([2H])c5c34)n2)c([2H])c1[2H]. The van der Waals surface area contributed by atoms with E-state index in [9.17, 15) is 15.1 Å². The van der Waals surface area contributed by atoms with E-state index in [1.54, 1.807) is 0 Å². The van der Waals surface area contributed by atoms with Crippen LogP contribution in [0.25, 0.3) is 78.4 Å². The van der Waals surface area contributed by atoms with Gasteiger partial charge in [0.15, 0.2) is 17.5 Å². The molecule has 5 nitrogen and oxygen atoms in total. The molecule has 0 amide bonds. The topological polar surface area (TPSA) is 55.1 Å². The zero-order valence-corrected chi connectivity index (χ0v) is 27.7. The lowest BCUT2D eigenvalue weighted by Crippen LogP contribution is -2.10. The molecule has 0 N–H and O–H groups in total. The Hall–Kier alpha value is -7.63. The molecule has 0 bridgehead atoms. The Labute approximate surface area is 372 Å². The number of furan rings is 1. The van der Waals surface area contributed by atoms with Crippen molar-refractivity contribution >= 4 is 39.0 Å². The van der Waals surface area contributed by atoms with Gasteiger partial charge in [-0.05, 0) is 58.5 Å². The summed E-state index contributed by atoms with van der Waals surface area (Å²) in [7, 11) is 0. The lowest BCUT2D eigenvalue weighted by Gasteiger charge is -2.26. The molecule has 0 aliphatic heterocycles. The first-order valence-corrected chi connectivity index (χ1v) is 15.9. The van der Waals surface area contributed by atoms with Gasteiger partial charge in [0.25, 0.3) is 0 Å². The minimum absolute atomic E-state index is 0.285. The highest BCUT2D eigenvalue weighted by atomic mass is 16.3. The third kappa shape index (κ3) is 6.27. The molecule has 0 saturated carbocycles. The van der Waals surface area contributed by atoms with E-state index < -0.39 is 301 Å². The van der Waals surface area contributed by atoms with Crippen molar-refractivity contribution in [3.05, 3.63) is 205 Å². The molecule has 0 aliphatic carbocycles. The first-order valence-electron chi connectivity index (χ1n) is 32.9. The number of rotatable bonds is 8. The molecule has 8 aromatic carbocycles. The lowest BCUT2D eigenvalue weighted by atomic mass is 9.99. The number of hydrogen-bond donors (Lipinski definition) is 0. The standard InChI is InChI=1S/C51H34N4O/c1-5-16-35(17-6-1)36-28-30-37(31-29-36)40-22-15-25-42(32-40)55(41-23-11-4-12-24-41)43-33-45(48-44-26-13-14-27-46(44)56-47(48)34-43)51-53-49(38-18-7-2-8-19-38)52-50(54-51)39-20-9-3-10-21-39/h1-34H/i1D,2D,3D,4D,5D,6D,7D,8D,9D,10D,11D,12D,13D,14D,15D,16D,17D,18D,19D,20D,21D,22D,23D,24D,25D,26D,27D,28D,29D,30D,31D,32D,33D,34D. The van der Waals surface area contributed by atoms with E-state index in [0.29, 0.717) is 0 Å². The van der Waals surface area contributed by atoms with Gasteiger partial charge in [0.2, 0.25) is 0 Å². The fourth-order valence-electron chi connectivity index (χ4n) is 5.38. The summed E-state index contributed by atoms with van der Waals surface area (Å²) in [5.74, 6) is -3.02. The highest BCUT2D eigenvalue weighted by Crippen LogP contribution is 2.44. The zero-order valence-electron chi connectivity index (χ0n) is 61.7. The van der Waals surface area contributed by atoms with E-state index in [4.69, 9.17) is 35.9 Å². The van der Waals surface area contributed by atoms with Crippen molar-refractivity contribution in [1.82, 2.24) is 15.0 Å². The van der Waals surface area contributed by atoms with Crippen molar-refractivity contribution in [1.29, 1.82) is 0 Å². The van der Waals surface area contributed by atoms with Crippen LogP contribution >= 0.6 is 0 Å². The van der Waals surface area contributed by atoms with Crippen molar-refractivity contribution in [2.75, 3.05) is 4.90 Å². The van der Waals surface area contributed by atoms with Crippen molar-refractivity contribution < 1.29 is 51.0 Å². The van der Waals surface area contributed by atoms with Crippen LogP contribution in [0.2, 0.25) is 0 Å². The second-order valence-electron chi connectivity index (χ2n) is 11.1. The smallest absolute Gasteiger partial charge is 0.164 e. The Morgan fingerprint density at radius 2 is 0.839 bits per heavy atom. The van der Waals surface area contributed by atoms with E-state index in [0.717, 1.165) is 0 Å². The first-order chi connectivity index (χ1) is 41.9. The molecule has 2 heterocycles. The number of aromatic nitrogens is 3. The Morgan fingerprint density at radius 1 is 0.357 bits per heavy atom. The second kappa shape index (κ2) is 14.3. The maximum Gasteiger partial charge on any atom is 0.164 e. The lowest BCUT2D eigenvalue weighted by molar-refractivity contribution is 0.669. The van der Waals surface area contributed by atoms with Crippen LogP contribution in [-0.2, 0) is 0 Å². The quantitative estimate of drug-likeness (QED) is 0.155. The maximum absolute atomic E-state index is 10.4. The largest absolute Gasteiger partial charge is 0.456 e. The third-order valence-corrected chi connectivity index (χ3v) is 7.76. The van der Waals surface area contributed by atoms with Gasteiger partial charge in [-0.3, -0.25) is 0 Å². The first kappa shape index (κ1) is 13.0. The van der Waals surface area contributed by atoms with Gasteiger partial charge in [-0.15, -0.1) is 0 Å². The molecule has 2 aromatic heterocycles. The van der Waals surface area contributed by atoms with Gasteiger partial charge in [0, 0.05) is 44.9 Å². The predicted octanol–water partition coefficient (Wildman–Crippen LogP) is 13.6. The van der Waals surface area contributed by atoms with Crippen LogP contribution in [0.5, 0.6) is 0 Å². The molecule has 0 aliphatic rings. The van der Waals surface area contributed by atoms with E-state index in [1.165, 1.54) is 0 Å². The minimum atomic E-state index is -1.36. The summed E-state index contributed by atoms with van der Waals surface area (Å²) in [6.07, 6.45) is 0. The molecular formula is C51H34N4O. The van der Waals surface area contributed by atoms with Gasteiger partial charge in [0.1, 0.15) is 11.2 Å². The zero-order chi connectivity index (χ0) is 66.9. The van der Waals surface area contributed by atoms with Gasteiger partial charge in [-0.25, -0.2) is 15.0 Å². The summed E-state index contributed by atoms with van der Waals surface area (Å²) in [6, 6.07) is -36.9. The normalized spacial score (nSPS) is 19.7. The summed E-state index contributed by atoms with van der Waals surface area (Å²) in [5.41, 5.74) is -12.0. The molecule has 0 unspecified atom stereocenters. The number of fused-ring (bicyclic) bond motifs is 3. The summed E-state index contributed by atoms with van der Waals surface area (Å²) < 4.78 is 310. The molecule has 0 radical (unpaired) electrons. The molecule has 264 valence electrons. The van der Waals surface area contributed by atoms with Crippen molar-refractivity contribution in [2.24, 2.45) is 0 Å². The van der Waals surface area contributed by atoms with Crippen LogP contribution in [-0.4, -0.2) is 15.0 Å². The predicted molar refractivity (Wildman–Crippen MR) is 229 cm³/mol. The Kier molecular flexibility index (Phi) is 3.32. The molecule has 5 heteroatoms. The molecule has 0 saturated heterocycles. The van der Waals surface area contributed by atoms with Crippen LogP contribution in [0, 0.1) is 0 Å². The summed E-state index contributed by atoms with van der Waals surface area (Å²) in [4.78, 5) is 13.3. The molecule has 10 aromatic rings. The minimum Gasteiger partial charge on any atom is -0.456 e. The Balaban J connectivity index is 1.45. The third-order valence-electron chi connectivity index (χ3n) is 7.76. The number of nitrogens with zero attached hydrogens (tertiary/aromatic N) is 4. The van der Waals surface area contributed by atoms with Gasteiger partial charge in [0.05, 0.1) is 52.3 Å². The number of hydrogen-bond acceptors (Lipinski definition) is 5. The van der Waals surface area contributed by atoms with Crippen LogP contribution in [0.4, 0.5) is 17.1 Å². The second-order valence-corrected chi connectivity index (χ2v) is 11.1. The van der Waals surface area contributed by atoms with Crippen LogP contribution in [0.1, 0.15) is 46.6 Å². The van der Waals surface area contributed by atoms with Gasteiger partial charge < -0.3 is 9.32 Å². The monoisotopic (exact) mass is 752 g/mol. The van der Waals surface area contributed by atoms with E-state index in [1.807, 2.05) is 0 Å². The molecule has 0 fully saturated rings. The molecular weight excluding hydrogens is 685 g/mol. The van der Waals surface area contributed by atoms with Gasteiger partial charge >= 0.3 is 0 Å². The van der Waals surface area contributed by atoms with E-state index in [-0.39, 0.29) is 4.90 Å². The van der Waals surface area contributed by atoms with Crippen molar-refractivity contribution in [3.8, 4) is 56.4 Å². The van der Waals surface area contributed by atoms with Crippen LogP contribution in [0.3, 0.4) is 0 Å². The van der Waals surface area contributed by atoms with Gasteiger partial charge in [-0.2, -0.15) is 0 Å². The highest BCUT2D eigenvalue weighted by molar-refractivity contribution is 6.13. The van der Waals surface area contributed by atoms with Crippen LogP contribution < -0.4 is 4.90 Å². The highest BCUT2D eigenvalue weighted by Gasteiger charge is 2.22. The molecule has 0 atom stereocenters. The average Bonchev–Trinajstić information content (AvgIpc) is 1.48. The van der Waals surface area contributed by atoms with Gasteiger partial charge in [-0.1, -0.05) is 163 Å². The van der Waals surface area contributed by atoms with E-state index in [2.05, 4.69) is 15.0 Å². The maximum atomic E-state index is 10.4. The fraction of sp³-hybridized carbons (Fsp3) is 0. The fourth-order valence-corrected chi connectivity index (χ4v) is 5.38. The number of anilines is 3.